The molecule has 1 saturated heterocycles. The summed E-state index contributed by atoms with van der Waals surface area (Å²) in [5.41, 5.74) is 2.66. The van der Waals surface area contributed by atoms with Crippen LogP contribution in [0, 0.1) is 6.92 Å². The number of anilines is 3. The topological polar surface area (TPSA) is 126 Å². The maximum absolute atomic E-state index is 12.6. The van der Waals surface area contributed by atoms with Crippen LogP contribution in [0.2, 0.25) is 0 Å². The van der Waals surface area contributed by atoms with Crippen molar-refractivity contribution in [3.63, 3.8) is 0 Å². The third-order valence-electron chi connectivity index (χ3n) is 5.73. The molecule has 1 aromatic carbocycles. The van der Waals surface area contributed by atoms with Crippen LogP contribution in [0.4, 0.5) is 22.1 Å². The van der Waals surface area contributed by atoms with E-state index in [9.17, 15) is 9.59 Å². The van der Waals surface area contributed by atoms with E-state index in [2.05, 4.69) is 25.5 Å². The highest BCUT2D eigenvalue weighted by Crippen LogP contribution is 2.15. The number of aryl methyl sites for hydroxylation is 1. The fraction of sp³-hybridized carbons (Fsp3) is 0.259. The van der Waals surface area contributed by atoms with Crippen LogP contribution in [0.1, 0.15) is 21.7 Å². The largest absolute Gasteiger partial charge is 0.378 e. The summed E-state index contributed by atoms with van der Waals surface area (Å²) < 4.78 is 5.39. The highest BCUT2D eigenvalue weighted by molar-refractivity contribution is 6.07. The van der Waals surface area contributed by atoms with Crippen molar-refractivity contribution in [2.75, 3.05) is 54.6 Å². The van der Waals surface area contributed by atoms with E-state index in [0.717, 1.165) is 24.6 Å². The van der Waals surface area contributed by atoms with Crippen molar-refractivity contribution in [2.45, 2.75) is 6.92 Å². The smallest absolute Gasteiger partial charge is 0.319 e. The molecule has 4 N–H and O–H groups in total. The Balaban J connectivity index is 1.24. The number of ketones is 1. The van der Waals surface area contributed by atoms with Crippen molar-refractivity contribution in [1.29, 1.82) is 0 Å². The monoisotopic (exact) mass is 501 g/mol. The summed E-state index contributed by atoms with van der Waals surface area (Å²) in [4.78, 5) is 36.0. The van der Waals surface area contributed by atoms with Gasteiger partial charge in [0.05, 0.1) is 25.5 Å². The SMILES string of the molecule is Cc1cccc(N(N)CCNC(=O)Nc2ccc(C(=O)C=Cc3cccc(N4CCOCC4)n3)cc2)n1. The molecule has 0 saturated carbocycles. The molecule has 0 unspecified atom stereocenters. The Kier molecular flexibility index (Phi) is 8.79. The molecule has 1 aliphatic rings. The van der Waals surface area contributed by atoms with Gasteiger partial charge in [0.25, 0.3) is 0 Å². The highest BCUT2D eigenvalue weighted by atomic mass is 16.5. The minimum Gasteiger partial charge on any atom is -0.378 e. The number of benzene rings is 1. The molecular formula is C27H31N7O3. The molecule has 1 fully saturated rings. The first-order chi connectivity index (χ1) is 18.0. The van der Waals surface area contributed by atoms with Gasteiger partial charge in [-0.1, -0.05) is 12.1 Å². The van der Waals surface area contributed by atoms with Crippen LogP contribution in [-0.2, 0) is 4.74 Å². The highest BCUT2D eigenvalue weighted by Gasteiger charge is 2.12. The number of carbonyl (C=O) groups is 2. The van der Waals surface area contributed by atoms with Crippen LogP contribution in [0.5, 0.6) is 0 Å². The molecule has 0 spiro atoms. The number of nitrogens with zero attached hydrogens (tertiary/aromatic N) is 4. The molecule has 37 heavy (non-hydrogen) atoms. The van der Waals surface area contributed by atoms with E-state index in [4.69, 9.17) is 10.6 Å². The van der Waals surface area contributed by atoms with Crippen molar-refractivity contribution in [3.05, 3.63) is 83.7 Å². The Labute approximate surface area is 216 Å². The fourth-order valence-electron chi connectivity index (χ4n) is 3.74. The van der Waals surface area contributed by atoms with Crippen molar-refractivity contribution >= 4 is 35.2 Å². The minimum absolute atomic E-state index is 0.151. The number of rotatable bonds is 9. The van der Waals surface area contributed by atoms with Crippen LogP contribution >= 0.6 is 0 Å². The van der Waals surface area contributed by atoms with Crippen LogP contribution in [-0.4, -0.2) is 61.2 Å². The summed E-state index contributed by atoms with van der Waals surface area (Å²) in [5.74, 6) is 7.36. The third kappa shape index (κ3) is 7.60. The zero-order chi connectivity index (χ0) is 26.0. The van der Waals surface area contributed by atoms with Gasteiger partial charge < -0.3 is 20.3 Å². The average Bonchev–Trinajstić information content (AvgIpc) is 2.92. The molecule has 192 valence electrons. The second-order valence-electron chi connectivity index (χ2n) is 8.51. The Morgan fingerprint density at radius 2 is 1.81 bits per heavy atom. The molecule has 10 nitrogen and oxygen atoms in total. The first-order valence-corrected chi connectivity index (χ1v) is 12.1. The summed E-state index contributed by atoms with van der Waals surface area (Å²) in [5, 5.41) is 6.99. The van der Waals surface area contributed by atoms with Gasteiger partial charge in [-0.25, -0.2) is 20.6 Å². The number of urea groups is 1. The summed E-state index contributed by atoms with van der Waals surface area (Å²) in [6.07, 6.45) is 3.21. The molecule has 3 aromatic rings. The molecular weight excluding hydrogens is 470 g/mol. The molecule has 0 atom stereocenters. The summed E-state index contributed by atoms with van der Waals surface area (Å²) >= 11 is 0. The van der Waals surface area contributed by atoms with Crippen molar-refractivity contribution in [3.8, 4) is 0 Å². The summed E-state index contributed by atoms with van der Waals surface area (Å²) in [6, 6.07) is 17.7. The van der Waals surface area contributed by atoms with E-state index in [1.54, 1.807) is 30.3 Å². The zero-order valence-electron chi connectivity index (χ0n) is 20.8. The molecule has 10 heteroatoms. The van der Waals surface area contributed by atoms with Crippen LogP contribution in [0.15, 0.2) is 66.7 Å². The number of aromatic nitrogens is 2. The van der Waals surface area contributed by atoms with E-state index in [-0.39, 0.29) is 11.8 Å². The van der Waals surface area contributed by atoms with Crippen molar-refractivity contribution < 1.29 is 14.3 Å². The van der Waals surface area contributed by atoms with Crippen LogP contribution < -0.4 is 26.4 Å². The number of allylic oxidation sites excluding steroid dienone is 1. The van der Waals surface area contributed by atoms with Gasteiger partial charge >= 0.3 is 6.03 Å². The standard InChI is InChI=1S/C27H31N7O3/c1-20-4-2-7-26(30-20)34(28)15-14-29-27(36)32-23-10-8-21(9-11-23)24(35)13-12-22-5-3-6-25(31-22)33-16-18-37-19-17-33/h2-13H,14-19,28H2,1H3,(H2,29,32,36). The lowest BCUT2D eigenvalue weighted by atomic mass is 10.1. The maximum atomic E-state index is 12.6. The van der Waals surface area contributed by atoms with E-state index < -0.39 is 0 Å². The normalized spacial score (nSPS) is 13.4. The molecule has 0 radical (unpaired) electrons. The quantitative estimate of drug-likeness (QED) is 0.177. The molecule has 1 aliphatic heterocycles. The molecule has 2 aromatic heterocycles. The predicted molar refractivity (Wildman–Crippen MR) is 145 cm³/mol. The van der Waals surface area contributed by atoms with Crippen molar-refractivity contribution in [2.24, 2.45) is 5.84 Å². The number of hydrogen-bond acceptors (Lipinski definition) is 8. The molecule has 4 rings (SSSR count). The average molecular weight is 502 g/mol. The summed E-state index contributed by atoms with van der Waals surface area (Å²) in [6.45, 7) is 5.59. The molecule has 3 heterocycles. The number of nitrogens with two attached hydrogens (primary N) is 1. The second-order valence-corrected chi connectivity index (χ2v) is 8.51. The Morgan fingerprint density at radius 3 is 2.57 bits per heavy atom. The number of nitrogens with one attached hydrogen (secondary N) is 2. The molecule has 0 bridgehead atoms. The van der Waals surface area contributed by atoms with Gasteiger partial charge in [0, 0.05) is 36.6 Å². The van der Waals surface area contributed by atoms with Gasteiger partial charge in [0.15, 0.2) is 5.78 Å². The van der Waals surface area contributed by atoms with Gasteiger partial charge in [0.2, 0.25) is 0 Å². The lowest BCUT2D eigenvalue weighted by Crippen LogP contribution is -2.40. The van der Waals surface area contributed by atoms with Crippen molar-refractivity contribution in [1.82, 2.24) is 15.3 Å². The van der Waals surface area contributed by atoms with Gasteiger partial charge in [-0.15, -0.1) is 0 Å². The number of amides is 2. The third-order valence-corrected chi connectivity index (χ3v) is 5.73. The van der Waals surface area contributed by atoms with Gasteiger partial charge in [-0.05, 0) is 67.6 Å². The maximum Gasteiger partial charge on any atom is 0.319 e. The van der Waals surface area contributed by atoms with Gasteiger partial charge in [0.1, 0.15) is 11.6 Å². The van der Waals surface area contributed by atoms with E-state index in [1.807, 2.05) is 43.3 Å². The number of hydrogen-bond donors (Lipinski definition) is 3. The fourth-order valence-corrected chi connectivity index (χ4v) is 3.74. The van der Waals surface area contributed by atoms with Crippen LogP contribution in [0.3, 0.4) is 0 Å². The number of ether oxygens (including phenoxy) is 1. The zero-order valence-corrected chi connectivity index (χ0v) is 20.8. The number of morpholine rings is 1. The number of pyridine rings is 2. The Hall–Kier alpha value is -4.28. The first-order valence-electron chi connectivity index (χ1n) is 12.1. The van der Waals surface area contributed by atoms with E-state index in [1.165, 1.54) is 11.1 Å². The lowest BCUT2D eigenvalue weighted by molar-refractivity contribution is 0.104. The second kappa shape index (κ2) is 12.6. The minimum atomic E-state index is -0.365. The Bertz CT molecular complexity index is 1240. The number of hydrazine groups is 1. The van der Waals surface area contributed by atoms with Gasteiger partial charge in [-0.2, -0.15) is 0 Å². The van der Waals surface area contributed by atoms with Crippen LogP contribution in [0.25, 0.3) is 6.08 Å². The Morgan fingerprint density at radius 1 is 1.05 bits per heavy atom. The molecule has 2 amide bonds. The first kappa shape index (κ1) is 25.8. The number of carbonyl (C=O) groups excluding carboxylic acids is 2. The predicted octanol–water partition coefficient (Wildman–Crippen LogP) is 3.02. The van der Waals surface area contributed by atoms with E-state index >= 15 is 0 Å². The van der Waals surface area contributed by atoms with E-state index in [0.29, 0.717) is 49.1 Å². The summed E-state index contributed by atoms with van der Waals surface area (Å²) in [7, 11) is 0. The molecule has 0 aliphatic carbocycles. The van der Waals surface area contributed by atoms with Gasteiger partial charge in [-0.3, -0.25) is 9.80 Å². The lowest BCUT2D eigenvalue weighted by Gasteiger charge is -2.27.